The lowest BCUT2D eigenvalue weighted by Gasteiger charge is -2.28. The quantitative estimate of drug-likeness (QED) is 0.794. The molecule has 0 saturated carbocycles. The van der Waals surface area contributed by atoms with Gasteiger partial charge in [0.15, 0.2) is 0 Å². The van der Waals surface area contributed by atoms with E-state index in [1.54, 1.807) is 0 Å². The van der Waals surface area contributed by atoms with E-state index in [0.717, 1.165) is 18.0 Å². The van der Waals surface area contributed by atoms with Gasteiger partial charge in [0, 0.05) is 17.9 Å². The number of nitrogens with zero attached hydrogens (tertiary/aromatic N) is 1. The van der Waals surface area contributed by atoms with Crippen molar-refractivity contribution in [3.63, 3.8) is 0 Å². The van der Waals surface area contributed by atoms with Crippen LogP contribution in [-0.4, -0.2) is 18.1 Å². The molecule has 0 bridgehead atoms. The van der Waals surface area contributed by atoms with E-state index in [2.05, 4.69) is 36.6 Å². The Morgan fingerprint density at radius 2 is 1.89 bits per heavy atom. The molecule has 1 heterocycles. The van der Waals surface area contributed by atoms with Crippen molar-refractivity contribution in [1.82, 2.24) is 4.90 Å². The van der Waals surface area contributed by atoms with Gasteiger partial charge in [0.1, 0.15) is 5.75 Å². The van der Waals surface area contributed by atoms with Crippen molar-refractivity contribution in [2.24, 2.45) is 0 Å². The van der Waals surface area contributed by atoms with E-state index in [1.807, 2.05) is 31.2 Å². The Morgan fingerprint density at radius 1 is 1.17 bits per heavy atom. The highest BCUT2D eigenvalue weighted by molar-refractivity contribution is 5.69. The summed E-state index contributed by atoms with van der Waals surface area (Å²) < 4.78 is 5.46. The predicted octanol–water partition coefficient (Wildman–Crippen LogP) is 3.83. The number of benzene rings is 1. The maximum Gasteiger partial charge on any atom is 0.119 e. The summed E-state index contributed by atoms with van der Waals surface area (Å²) in [6, 6.07) is 8.20. The highest BCUT2D eigenvalue weighted by Gasteiger charge is 2.13. The first-order chi connectivity index (χ1) is 8.76. The smallest absolute Gasteiger partial charge is 0.119 e. The predicted molar refractivity (Wildman–Crippen MR) is 76.2 cm³/mol. The largest absolute Gasteiger partial charge is 0.494 e. The van der Waals surface area contributed by atoms with Gasteiger partial charge in [0.25, 0.3) is 0 Å². The first kappa shape index (κ1) is 12.5. The monoisotopic (exact) mass is 241 g/mol. The summed E-state index contributed by atoms with van der Waals surface area (Å²) in [7, 11) is 0. The third kappa shape index (κ3) is 2.48. The molecule has 18 heavy (non-hydrogen) atoms. The zero-order valence-corrected chi connectivity index (χ0v) is 11.0. The summed E-state index contributed by atoms with van der Waals surface area (Å²) in [4.78, 5) is 2.20. The van der Waals surface area contributed by atoms with Crippen LogP contribution in [0.5, 0.6) is 5.75 Å². The van der Waals surface area contributed by atoms with Crippen LogP contribution in [0.2, 0.25) is 0 Å². The number of rotatable bonds is 4. The Morgan fingerprint density at radius 3 is 2.50 bits per heavy atom. The molecule has 0 spiro atoms. The molecule has 0 unspecified atom stereocenters. The van der Waals surface area contributed by atoms with Crippen LogP contribution in [0.15, 0.2) is 54.8 Å². The van der Waals surface area contributed by atoms with Crippen LogP contribution in [-0.2, 0) is 0 Å². The molecule has 94 valence electrons. The fourth-order valence-corrected chi connectivity index (χ4v) is 2.10. The molecule has 1 aliphatic heterocycles. The van der Waals surface area contributed by atoms with Crippen LogP contribution >= 0.6 is 0 Å². The SMILES string of the molecule is C=C1C=CC=C(c2ccc(OCC)cc2)N1CC. The molecular formula is C16H19NO. The lowest BCUT2D eigenvalue weighted by Crippen LogP contribution is -2.21. The second kappa shape index (κ2) is 5.58. The zero-order valence-electron chi connectivity index (χ0n) is 11.0. The third-order valence-electron chi connectivity index (χ3n) is 2.96. The summed E-state index contributed by atoms with van der Waals surface area (Å²) in [6.07, 6.45) is 6.19. The lowest BCUT2D eigenvalue weighted by molar-refractivity contribution is 0.340. The van der Waals surface area contributed by atoms with Crippen LogP contribution < -0.4 is 4.74 Å². The lowest BCUT2D eigenvalue weighted by atomic mass is 10.1. The van der Waals surface area contributed by atoms with Gasteiger partial charge in [-0.2, -0.15) is 0 Å². The van der Waals surface area contributed by atoms with Gasteiger partial charge >= 0.3 is 0 Å². The number of hydrogen-bond donors (Lipinski definition) is 0. The van der Waals surface area contributed by atoms with Crippen LogP contribution in [0.25, 0.3) is 5.70 Å². The van der Waals surface area contributed by atoms with E-state index in [0.29, 0.717) is 6.61 Å². The minimum absolute atomic E-state index is 0.697. The number of ether oxygens (including phenoxy) is 1. The van der Waals surface area contributed by atoms with Crippen LogP contribution in [0.3, 0.4) is 0 Å². The van der Waals surface area contributed by atoms with Gasteiger partial charge in [-0.15, -0.1) is 0 Å². The van der Waals surface area contributed by atoms with E-state index >= 15 is 0 Å². The molecule has 2 nitrogen and oxygen atoms in total. The second-order valence-corrected chi connectivity index (χ2v) is 4.10. The van der Waals surface area contributed by atoms with Gasteiger partial charge in [-0.05, 0) is 55.8 Å². The summed E-state index contributed by atoms with van der Waals surface area (Å²) in [5.74, 6) is 0.912. The maximum atomic E-state index is 5.46. The van der Waals surface area contributed by atoms with Crippen molar-refractivity contribution in [2.75, 3.05) is 13.2 Å². The van der Waals surface area contributed by atoms with Crippen molar-refractivity contribution >= 4 is 5.70 Å². The Labute approximate surface area is 109 Å². The summed E-state index contributed by atoms with van der Waals surface area (Å²) in [6.45, 7) is 9.80. The molecule has 1 aromatic carbocycles. The highest BCUT2D eigenvalue weighted by Crippen LogP contribution is 2.27. The summed E-state index contributed by atoms with van der Waals surface area (Å²) >= 11 is 0. The number of likely N-dealkylation sites (N-methyl/N-ethyl adjacent to an activating group) is 1. The Hall–Kier alpha value is -1.96. The first-order valence-corrected chi connectivity index (χ1v) is 6.34. The zero-order chi connectivity index (χ0) is 13.0. The molecule has 0 amide bonds. The van der Waals surface area contributed by atoms with E-state index in [1.165, 1.54) is 11.3 Å². The Balaban J connectivity index is 2.27. The highest BCUT2D eigenvalue weighted by atomic mass is 16.5. The standard InChI is InChI=1S/C16H19NO/c1-4-17-13(3)7-6-8-16(17)14-9-11-15(12-10-14)18-5-2/h6-12H,3-5H2,1-2H3. The summed E-state index contributed by atoms with van der Waals surface area (Å²) in [5, 5.41) is 0. The topological polar surface area (TPSA) is 12.5 Å². The minimum atomic E-state index is 0.697. The molecule has 0 fully saturated rings. The van der Waals surface area contributed by atoms with Gasteiger partial charge in [-0.1, -0.05) is 12.7 Å². The van der Waals surface area contributed by atoms with Crippen LogP contribution in [0.1, 0.15) is 19.4 Å². The van der Waals surface area contributed by atoms with Crippen molar-refractivity contribution in [3.05, 3.63) is 60.3 Å². The van der Waals surface area contributed by atoms with Gasteiger partial charge in [-0.3, -0.25) is 0 Å². The van der Waals surface area contributed by atoms with E-state index in [9.17, 15) is 0 Å². The minimum Gasteiger partial charge on any atom is -0.494 e. The Bertz CT molecular complexity index is 482. The number of allylic oxidation sites excluding steroid dienone is 3. The Kier molecular flexibility index (Phi) is 3.88. The first-order valence-electron chi connectivity index (χ1n) is 6.34. The molecule has 2 heteroatoms. The van der Waals surface area contributed by atoms with Crippen molar-refractivity contribution < 1.29 is 4.74 Å². The maximum absolute atomic E-state index is 5.46. The normalized spacial score (nSPS) is 14.7. The third-order valence-corrected chi connectivity index (χ3v) is 2.96. The van der Waals surface area contributed by atoms with E-state index < -0.39 is 0 Å². The van der Waals surface area contributed by atoms with Crippen molar-refractivity contribution in [3.8, 4) is 5.75 Å². The van der Waals surface area contributed by atoms with Crippen LogP contribution in [0.4, 0.5) is 0 Å². The fraction of sp³-hybridized carbons (Fsp3) is 0.250. The van der Waals surface area contributed by atoms with Crippen LogP contribution in [0, 0.1) is 0 Å². The fourth-order valence-electron chi connectivity index (χ4n) is 2.10. The van der Waals surface area contributed by atoms with Gasteiger partial charge in [0.2, 0.25) is 0 Å². The van der Waals surface area contributed by atoms with E-state index in [-0.39, 0.29) is 0 Å². The summed E-state index contributed by atoms with van der Waals surface area (Å²) in [5.41, 5.74) is 3.41. The van der Waals surface area contributed by atoms with Gasteiger partial charge in [0.05, 0.1) is 6.61 Å². The molecule has 0 aromatic heterocycles. The molecular weight excluding hydrogens is 222 g/mol. The van der Waals surface area contributed by atoms with Gasteiger partial charge in [-0.25, -0.2) is 0 Å². The molecule has 0 aliphatic carbocycles. The molecule has 2 rings (SSSR count). The molecule has 1 aromatic rings. The average Bonchev–Trinajstić information content (AvgIpc) is 2.40. The van der Waals surface area contributed by atoms with Crippen molar-refractivity contribution in [1.29, 1.82) is 0 Å². The average molecular weight is 241 g/mol. The molecule has 1 aliphatic rings. The van der Waals surface area contributed by atoms with Crippen molar-refractivity contribution in [2.45, 2.75) is 13.8 Å². The molecule has 0 saturated heterocycles. The molecule has 0 N–H and O–H groups in total. The van der Waals surface area contributed by atoms with Gasteiger partial charge < -0.3 is 9.64 Å². The molecule has 0 radical (unpaired) electrons. The second-order valence-electron chi connectivity index (χ2n) is 4.10. The molecule has 0 atom stereocenters. The number of hydrogen-bond acceptors (Lipinski definition) is 2. The van der Waals surface area contributed by atoms with E-state index in [4.69, 9.17) is 4.74 Å².